The molecule has 0 aliphatic rings. The van der Waals surface area contributed by atoms with Crippen LogP contribution in [0.1, 0.15) is 30.5 Å². The largest absolute Gasteiger partial charge is 0.354 e. The summed E-state index contributed by atoms with van der Waals surface area (Å²) in [6.07, 6.45) is 0.250. The van der Waals surface area contributed by atoms with Crippen LogP contribution >= 0.6 is 11.6 Å². The van der Waals surface area contributed by atoms with Gasteiger partial charge < -0.3 is 10.2 Å². The van der Waals surface area contributed by atoms with Gasteiger partial charge in [0.25, 0.3) is 10.0 Å². The number of carbonyl (C=O) groups is 2. The van der Waals surface area contributed by atoms with Crippen molar-refractivity contribution in [3.8, 4) is 0 Å². The third kappa shape index (κ3) is 8.71. The van der Waals surface area contributed by atoms with Crippen LogP contribution in [0, 0.1) is 12.8 Å². The topological polar surface area (TPSA) is 86.8 Å². The molecule has 0 aliphatic heterocycles. The van der Waals surface area contributed by atoms with Gasteiger partial charge in [-0.3, -0.25) is 13.9 Å². The first-order valence-electron chi connectivity index (χ1n) is 14.5. The molecule has 1 N–H and O–H groups in total. The van der Waals surface area contributed by atoms with E-state index in [4.69, 9.17) is 11.6 Å². The summed E-state index contributed by atoms with van der Waals surface area (Å²) in [6, 6.07) is 30.7. The van der Waals surface area contributed by atoms with E-state index in [-0.39, 0.29) is 29.7 Å². The average Bonchev–Trinajstić information content (AvgIpc) is 3.02. The van der Waals surface area contributed by atoms with Crippen LogP contribution in [0.15, 0.2) is 114 Å². The summed E-state index contributed by atoms with van der Waals surface area (Å²) in [6.45, 7) is 5.87. The van der Waals surface area contributed by atoms with Gasteiger partial charge in [-0.2, -0.15) is 0 Å². The lowest BCUT2D eigenvalue weighted by Crippen LogP contribution is -2.53. The standard InChI is InChI=1S/C35H38ClN3O4S/c1-26(2)23-37-35(41)33(22-28-12-6-4-7-13-28)38(24-29-17-19-30(36)20-18-29)34(40)25-39(31-14-10-11-27(3)21-31)44(42,43)32-15-8-5-9-16-32/h4-21,26,33H,22-25H2,1-3H3,(H,37,41)/t33-/m0/s1. The van der Waals surface area contributed by atoms with Gasteiger partial charge in [0.1, 0.15) is 12.6 Å². The monoisotopic (exact) mass is 631 g/mol. The van der Waals surface area contributed by atoms with Crippen LogP contribution < -0.4 is 9.62 Å². The molecule has 0 fully saturated rings. The van der Waals surface area contributed by atoms with Crippen molar-refractivity contribution < 1.29 is 18.0 Å². The minimum absolute atomic E-state index is 0.0640. The van der Waals surface area contributed by atoms with Gasteiger partial charge in [0.05, 0.1) is 10.6 Å². The summed E-state index contributed by atoms with van der Waals surface area (Å²) >= 11 is 6.14. The van der Waals surface area contributed by atoms with Crippen LogP contribution in [0.25, 0.3) is 0 Å². The normalized spacial score (nSPS) is 12.0. The van der Waals surface area contributed by atoms with Crippen molar-refractivity contribution in [1.29, 1.82) is 0 Å². The molecule has 0 aromatic heterocycles. The molecule has 7 nitrogen and oxygen atoms in total. The van der Waals surface area contributed by atoms with Crippen molar-refractivity contribution >= 4 is 39.1 Å². The van der Waals surface area contributed by atoms with E-state index in [0.29, 0.717) is 17.3 Å². The van der Waals surface area contributed by atoms with Gasteiger partial charge in [-0.15, -0.1) is 0 Å². The maximum Gasteiger partial charge on any atom is 0.264 e. The number of hydrogen-bond acceptors (Lipinski definition) is 4. The molecular formula is C35H38ClN3O4S. The zero-order valence-corrected chi connectivity index (χ0v) is 26.8. The molecule has 4 aromatic carbocycles. The van der Waals surface area contributed by atoms with Crippen LogP contribution in [0.4, 0.5) is 5.69 Å². The minimum atomic E-state index is -4.14. The average molecular weight is 632 g/mol. The quantitative estimate of drug-likeness (QED) is 0.189. The maximum atomic E-state index is 14.4. The number of hydrogen-bond donors (Lipinski definition) is 1. The van der Waals surface area contributed by atoms with Gasteiger partial charge in [-0.25, -0.2) is 8.42 Å². The van der Waals surface area contributed by atoms with E-state index in [9.17, 15) is 18.0 Å². The number of nitrogens with one attached hydrogen (secondary N) is 1. The Hall–Kier alpha value is -4.14. The first-order chi connectivity index (χ1) is 21.0. The van der Waals surface area contributed by atoms with Crippen LogP contribution in [0.2, 0.25) is 5.02 Å². The first-order valence-corrected chi connectivity index (χ1v) is 16.4. The van der Waals surface area contributed by atoms with Crippen LogP contribution in [-0.4, -0.2) is 44.3 Å². The molecule has 0 unspecified atom stereocenters. The van der Waals surface area contributed by atoms with E-state index in [1.165, 1.54) is 17.0 Å². The molecule has 0 saturated carbocycles. The molecule has 0 heterocycles. The second-order valence-corrected chi connectivity index (χ2v) is 13.5. The van der Waals surface area contributed by atoms with Gasteiger partial charge in [0.2, 0.25) is 11.8 Å². The van der Waals surface area contributed by atoms with Crippen LogP contribution in [0.5, 0.6) is 0 Å². The van der Waals surface area contributed by atoms with E-state index in [0.717, 1.165) is 21.0 Å². The third-order valence-electron chi connectivity index (χ3n) is 7.12. The number of carbonyl (C=O) groups excluding carboxylic acids is 2. The fourth-order valence-corrected chi connectivity index (χ4v) is 6.35. The Labute approximate surface area is 265 Å². The molecule has 2 amide bonds. The summed E-state index contributed by atoms with van der Waals surface area (Å²) < 4.78 is 29.2. The molecule has 0 spiro atoms. The van der Waals surface area contributed by atoms with Gasteiger partial charge in [0, 0.05) is 24.5 Å². The number of sulfonamides is 1. The van der Waals surface area contributed by atoms with Crippen molar-refractivity contribution in [2.24, 2.45) is 5.92 Å². The van der Waals surface area contributed by atoms with E-state index in [1.54, 1.807) is 60.7 Å². The Kier molecular flexibility index (Phi) is 11.2. The lowest BCUT2D eigenvalue weighted by atomic mass is 10.0. The molecule has 230 valence electrons. The summed E-state index contributed by atoms with van der Waals surface area (Å²) in [7, 11) is -4.14. The highest BCUT2D eigenvalue weighted by atomic mass is 35.5. The predicted octanol–water partition coefficient (Wildman–Crippen LogP) is 6.26. The Balaban J connectivity index is 1.79. The van der Waals surface area contributed by atoms with Crippen molar-refractivity contribution in [1.82, 2.24) is 10.2 Å². The Bertz CT molecular complexity index is 1650. The Morgan fingerprint density at radius 3 is 2.07 bits per heavy atom. The summed E-state index contributed by atoms with van der Waals surface area (Å²) in [5.41, 5.74) is 2.83. The SMILES string of the molecule is Cc1cccc(N(CC(=O)N(Cc2ccc(Cl)cc2)[C@@H](Cc2ccccc2)C(=O)NCC(C)C)S(=O)(=O)c2ccccc2)c1. The van der Waals surface area contributed by atoms with Gasteiger partial charge >= 0.3 is 0 Å². The zero-order chi connectivity index (χ0) is 31.7. The van der Waals surface area contributed by atoms with Crippen molar-refractivity contribution in [2.45, 2.75) is 44.7 Å². The number of rotatable bonds is 13. The molecule has 4 rings (SSSR count). The van der Waals surface area contributed by atoms with E-state index in [2.05, 4.69) is 5.32 Å². The minimum Gasteiger partial charge on any atom is -0.354 e. The van der Waals surface area contributed by atoms with Gasteiger partial charge in [-0.05, 0) is 65.9 Å². The second kappa shape index (κ2) is 15.0. The number of halogens is 1. The molecule has 0 radical (unpaired) electrons. The molecule has 0 aliphatic carbocycles. The highest BCUT2D eigenvalue weighted by molar-refractivity contribution is 7.92. The van der Waals surface area contributed by atoms with Crippen LogP contribution in [-0.2, 0) is 32.6 Å². The number of aryl methyl sites for hydroxylation is 1. The molecule has 0 saturated heterocycles. The highest BCUT2D eigenvalue weighted by Gasteiger charge is 2.34. The third-order valence-corrected chi connectivity index (χ3v) is 9.16. The molecule has 0 bridgehead atoms. The molecule has 4 aromatic rings. The Morgan fingerprint density at radius 1 is 0.818 bits per heavy atom. The summed E-state index contributed by atoms with van der Waals surface area (Å²) in [4.78, 5) is 29.8. The van der Waals surface area contributed by atoms with Crippen molar-refractivity contribution in [3.63, 3.8) is 0 Å². The lowest BCUT2D eigenvalue weighted by molar-refractivity contribution is -0.140. The van der Waals surface area contributed by atoms with Crippen molar-refractivity contribution in [3.05, 3.63) is 131 Å². The first kappa shape index (κ1) is 32.8. The molecule has 9 heteroatoms. The molecule has 1 atom stereocenters. The second-order valence-electron chi connectivity index (χ2n) is 11.2. The molecular weight excluding hydrogens is 594 g/mol. The predicted molar refractivity (Wildman–Crippen MR) is 176 cm³/mol. The van der Waals surface area contributed by atoms with Gasteiger partial charge in [-0.1, -0.05) is 98.2 Å². The fraction of sp³-hybridized carbons (Fsp3) is 0.257. The fourth-order valence-electron chi connectivity index (χ4n) is 4.79. The van der Waals surface area contributed by atoms with E-state index in [1.807, 2.05) is 57.2 Å². The Morgan fingerprint density at radius 2 is 1.45 bits per heavy atom. The number of amides is 2. The van der Waals surface area contributed by atoms with Gasteiger partial charge in [0.15, 0.2) is 0 Å². The van der Waals surface area contributed by atoms with E-state index < -0.39 is 28.5 Å². The molecule has 44 heavy (non-hydrogen) atoms. The number of anilines is 1. The zero-order valence-electron chi connectivity index (χ0n) is 25.2. The maximum absolute atomic E-state index is 14.4. The lowest BCUT2D eigenvalue weighted by Gasteiger charge is -2.34. The number of benzene rings is 4. The van der Waals surface area contributed by atoms with Crippen LogP contribution in [0.3, 0.4) is 0 Å². The smallest absolute Gasteiger partial charge is 0.264 e. The van der Waals surface area contributed by atoms with Crippen molar-refractivity contribution in [2.75, 3.05) is 17.4 Å². The summed E-state index contributed by atoms with van der Waals surface area (Å²) in [5, 5.41) is 3.54. The van der Waals surface area contributed by atoms with E-state index >= 15 is 0 Å². The summed E-state index contributed by atoms with van der Waals surface area (Å²) in [5.74, 6) is -0.621. The highest BCUT2D eigenvalue weighted by Crippen LogP contribution is 2.26. The number of nitrogens with zero attached hydrogens (tertiary/aromatic N) is 2.